The lowest BCUT2D eigenvalue weighted by molar-refractivity contribution is -0.127. The van der Waals surface area contributed by atoms with Gasteiger partial charge in [-0.3, -0.25) is 4.79 Å². The molecule has 0 atom stereocenters. The van der Waals surface area contributed by atoms with Crippen molar-refractivity contribution < 1.29 is 4.79 Å². The number of thiol groups is 2. The first-order valence-corrected chi connectivity index (χ1v) is 4.31. The van der Waals surface area contributed by atoms with Gasteiger partial charge < -0.3 is 5.32 Å². The summed E-state index contributed by atoms with van der Waals surface area (Å²) in [6, 6.07) is 0. The van der Waals surface area contributed by atoms with Crippen LogP contribution in [0.1, 0.15) is 13.8 Å². The molecular weight excluding hydrogens is 166 g/mol. The highest BCUT2D eigenvalue weighted by Crippen LogP contribution is 2.16. The topological polar surface area (TPSA) is 29.1 Å². The van der Waals surface area contributed by atoms with E-state index in [1.807, 2.05) is 13.8 Å². The van der Waals surface area contributed by atoms with E-state index in [-0.39, 0.29) is 11.3 Å². The van der Waals surface area contributed by atoms with Gasteiger partial charge in [-0.05, 0) is 0 Å². The molecule has 0 bridgehead atoms. The monoisotopic (exact) mass is 179 g/mol. The van der Waals surface area contributed by atoms with Gasteiger partial charge in [-0.15, -0.1) is 0 Å². The highest BCUT2D eigenvalue weighted by atomic mass is 32.1. The fourth-order valence-corrected chi connectivity index (χ4v) is 0.670. The van der Waals surface area contributed by atoms with Gasteiger partial charge in [-0.2, -0.15) is 25.3 Å². The second-order valence-electron chi connectivity index (χ2n) is 2.71. The Bertz CT molecular complexity index is 125. The number of amides is 1. The Kier molecular flexibility index (Phi) is 4.20. The Morgan fingerprint density at radius 3 is 2.30 bits per heavy atom. The number of carbonyl (C=O) groups is 1. The Hall–Kier alpha value is 0.170. The lowest BCUT2D eigenvalue weighted by Crippen LogP contribution is -2.37. The van der Waals surface area contributed by atoms with Crippen molar-refractivity contribution in [2.45, 2.75) is 13.8 Å². The minimum Gasteiger partial charge on any atom is -0.347 e. The predicted octanol–water partition coefficient (Wildman–Crippen LogP) is 0.946. The molecule has 60 valence electrons. The van der Waals surface area contributed by atoms with Crippen molar-refractivity contribution in [2.24, 2.45) is 5.41 Å². The molecule has 10 heavy (non-hydrogen) atoms. The first-order chi connectivity index (χ1) is 4.54. The van der Waals surface area contributed by atoms with E-state index in [1.54, 1.807) is 0 Å². The first-order valence-electron chi connectivity index (χ1n) is 3.04. The zero-order valence-electron chi connectivity index (χ0n) is 6.22. The van der Waals surface area contributed by atoms with Crippen LogP contribution in [0.15, 0.2) is 0 Å². The third-order valence-corrected chi connectivity index (χ3v) is 2.20. The van der Waals surface area contributed by atoms with E-state index in [1.165, 1.54) is 0 Å². The molecule has 0 aliphatic heterocycles. The highest BCUT2D eigenvalue weighted by molar-refractivity contribution is 7.80. The fraction of sp³-hybridized carbons (Fsp3) is 0.833. The molecule has 0 aliphatic carbocycles. The quantitative estimate of drug-likeness (QED) is 0.437. The average Bonchev–Trinajstić information content (AvgIpc) is 1.89. The standard InChI is InChI=1S/C6H13NOS2/c1-6(2,3-9)5(8)7-4-10/h9-10H,3-4H2,1-2H3,(H,7,8). The van der Waals surface area contributed by atoms with Gasteiger partial charge in [-0.25, -0.2) is 0 Å². The van der Waals surface area contributed by atoms with Gasteiger partial charge in [0.15, 0.2) is 0 Å². The molecule has 0 rings (SSSR count). The molecule has 0 unspecified atom stereocenters. The number of hydrogen-bond acceptors (Lipinski definition) is 3. The number of nitrogens with one attached hydrogen (secondary N) is 1. The van der Waals surface area contributed by atoms with Crippen molar-refractivity contribution in [1.29, 1.82) is 0 Å². The van der Waals surface area contributed by atoms with Crippen molar-refractivity contribution in [3.63, 3.8) is 0 Å². The van der Waals surface area contributed by atoms with Crippen molar-refractivity contribution >= 4 is 31.2 Å². The summed E-state index contributed by atoms with van der Waals surface area (Å²) in [5.41, 5.74) is -0.383. The van der Waals surface area contributed by atoms with Crippen molar-refractivity contribution in [3.8, 4) is 0 Å². The summed E-state index contributed by atoms with van der Waals surface area (Å²) in [6.07, 6.45) is 0. The predicted molar refractivity (Wildman–Crippen MR) is 49.6 cm³/mol. The van der Waals surface area contributed by atoms with E-state index in [4.69, 9.17) is 0 Å². The van der Waals surface area contributed by atoms with Crippen LogP contribution in [0, 0.1) is 5.41 Å². The molecule has 0 saturated heterocycles. The zero-order valence-corrected chi connectivity index (χ0v) is 8.01. The Morgan fingerprint density at radius 2 is 2.00 bits per heavy atom. The van der Waals surface area contributed by atoms with Gasteiger partial charge >= 0.3 is 0 Å². The number of carbonyl (C=O) groups excluding carboxylic acids is 1. The van der Waals surface area contributed by atoms with Gasteiger partial charge in [0.2, 0.25) is 5.91 Å². The molecular formula is C6H13NOS2. The molecule has 0 spiro atoms. The van der Waals surface area contributed by atoms with Crippen LogP contribution in [0.25, 0.3) is 0 Å². The summed E-state index contributed by atoms with van der Waals surface area (Å²) >= 11 is 7.92. The maximum Gasteiger partial charge on any atom is 0.227 e. The molecule has 0 aromatic heterocycles. The van der Waals surface area contributed by atoms with Gasteiger partial charge in [0.05, 0.1) is 11.3 Å². The summed E-state index contributed by atoms with van der Waals surface area (Å²) in [5, 5.41) is 2.61. The Morgan fingerprint density at radius 1 is 1.50 bits per heavy atom. The van der Waals surface area contributed by atoms with Crippen LogP contribution < -0.4 is 5.32 Å². The van der Waals surface area contributed by atoms with Crippen LogP contribution >= 0.6 is 25.3 Å². The van der Waals surface area contributed by atoms with Crippen LogP contribution in [0.4, 0.5) is 0 Å². The normalized spacial score (nSPS) is 11.2. The van der Waals surface area contributed by atoms with Gasteiger partial charge in [0.25, 0.3) is 0 Å². The SMILES string of the molecule is CC(C)(CS)C(=O)NCS. The highest BCUT2D eigenvalue weighted by Gasteiger charge is 2.24. The van der Waals surface area contributed by atoms with E-state index in [2.05, 4.69) is 30.6 Å². The van der Waals surface area contributed by atoms with E-state index in [0.717, 1.165) is 0 Å². The second-order valence-corrected chi connectivity index (χ2v) is 3.34. The first kappa shape index (κ1) is 10.2. The molecule has 0 aromatic rings. The fourth-order valence-electron chi connectivity index (χ4n) is 0.383. The Labute approximate surface area is 72.6 Å². The minimum atomic E-state index is -0.383. The summed E-state index contributed by atoms with van der Waals surface area (Å²) in [4.78, 5) is 11.1. The van der Waals surface area contributed by atoms with Crippen LogP contribution in [-0.4, -0.2) is 17.5 Å². The van der Waals surface area contributed by atoms with E-state index < -0.39 is 0 Å². The molecule has 0 fully saturated rings. The van der Waals surface area contributed by atoms with Crippen molar-refractivity contribution in [3.05, 3.63) is 0 Å². The summed E-state index contributed by atoms with van der Waals surface area (Å²) in [6.45, 7) is 3.69. The smallest absolute Gasteiger partial charge is 0.227 e. The van der Waals surface area contributed by atoms with E-state index >= 15 is 0 Å². The van der Waals surface area contributed by atoms with Crippen molar-refractivity contribution in [2.75, 3.05) is 11.6 Å². The molecule has 4 heteroatoms. The third kappa shape index (κ3) is 2.84. The van der Waals surface area contributed by atoms with Gasteiger partial charge in [0, 0.05) is 5.75 Å². The third-order valence-electron chi connectivity index (χ3n) is 1.25. The lowest BCUT2D eigenvalue weighted by atomic mass is 9.95. The molecule has 0 radical (unpaired) electrons. The van der Waals surface area contributed by atoms with E-state index in [9.17, 15) is 4.79 Å². The van der Waals surface area contributed by atoms with Crippen LogP contribution in [0.3, 0.4) is 0 Å². The van der Waals surface area contributed by atoms with Gasteiger partial charge in [0.1, 0.15) is 0 Å². The molecule has 0 aliphatic rings. The van der Waals surface area contributed by atoms with Crippen LogP contribution in [0.5, 0.6) is 0 Å². The number of hydrogen-bond donors (Lipinski definition) is 3. The molecule has 1 amide bonds. The summed E-state index contributed by atoms with van der Waals surface area (Å²) in [5.74, 6) is 0.931. The number of rotatable bonds is 3. The van der Waals surface area contributed by atoms with E-state index in [0.29, 0.717) is 11.6 Å². The van der Waals surface area contributed by atoms with Crippen molar-refractivity contribution in [1.82, 2.24) is 5.32 Å². The molecule has 0 aromatic carbocycles. The lowest BCUT2D eigenvalue weighted by Gasteiger charge is -2.19. The molecule has 0 heterocycles. The van der Waals surface area contributed by atoms with Crippen LogP contribution in [-0.2, 0) is 4.79 Å². The Balaban J connectivity index is 3.91. The molecule has 1 N–H and O–H groups in total. The maximum atomic E-state index is 11.1. The summed E-state index contributed by atoms with van der Waals surface area (Å²) in [7, 11) is 0. The summed E-state index contributed by atoms with van der Waals surface area (Å²) < 4.78 is 0. The average molecular weight is 179 g/mol. The molecule has 0 saturated carbocycles. The zero-order chi connectivity index (χ0) is 8.20. The largest absolute Gasteiger partial charge is 0.347 e. The molecule has 2 nitrogen and oxygen atoms in total. The van der Waals surface area contributed by atoms with Gasteiger partial charge in [-0.1, -0.05) is 13.8 Å². The maximum absolute atomic E-state index is 11.1. The minimum absolute atomic E-state index is 0.00231. The van der Waals surface area contributed by atoms with Crippen LogP contribution in [0.2, 0.25) is 0 Å². The second kappa shape index (κ2) is 4.13.